The van der Waals surface area contributed by atoms with E-state index >= 15 is 0 Å². The molecule has 142 valence electrons. The van der Waals surface area contributed by atoms with E-state index in [0.717, 1.165) is 21.4 Å². The van der Waals surface area contributed by atoms with Crippen molar-refractivity contribution in [3.05, 3.63) is 39.8 Å². The Balaban J connectivity index is 2.20. The lowest BCUT2D eigenvalue weighted by Crippen LogP contribution is -2.13. The minimum absolute atomic E-state index is 0.0932. The van der Waals surface area contributed by atoms with Crippen LogP contribution in [0.25, 0.3) is 0 Å². The van der Waals surface area contributed by atoms with E-state index in [1.54, 1.807) is 24.8 Å². The molecule has 0 unspecified atom stereocenters. The molecule has 0 bridgehead atoms. The van der Waals surface area contributed by atoms with E-state index in [2.05, 4.69) is 13.8 Å². The first kappa shape index (κ1) is 21.1. The van der Waals surface area contributed by atoms with Crippen molar-refractivity contribution in [2.24, 2.45) is 7.05 Å². The number of hydrogen-bond donors (Lipinski definition) is 0. The SMILES string of the molecule is CCOC(=O)COCc1nc(C(C)C)c(Sc2cc(Cl)cc(Cl)c2)n1C. The van der Waals surface area contributed by atoms with Crippen LogP contribution in [0.4, 0.5) is 0 Å². The van der Waals surface area contributed by atoms with Crippen LogP contribution >= 0.6 is 35.0 Å². The van der Waals surface area contributed by atoms with Crippen molar-refractivity contribution in [1.82, 2.24) is 9.55 Å². The Kier molecular flexibility index (Phi) is 7.83. The molecular weight excluding hydrogens is 395 g/mol. The number of halogens is 2. The topological polar surface area (TPSA) is 53.4 Å². The van der Waals surface area contributed by atoms with Crippen LogP contribution in [0.15, 0.2) is 28.1 Å². The number of benzene rings is 1. The minimum atomic E-state index is -0.381. The average molecular weight is 417 g/mol. The molecule has 0 aliphatic rings. The van der Waals surface area contributed by atoms with Gasteiger partial charge in [0, 0.05) is 22.0 Å². The summed E-state index contributed by atoms with van der Waals surface area (Å²) >= 11 is 13.8. The summed E-state index contributed by atoms with van der Waals surface area (Å²) in [5.74, 6) is 0.597. The standard InChI is InChI=1S/C18H22Cl2N2O3S/c1-5-25-16(23)10-24-9-15-21-17(11(2)3)18(22(15)4)26-14-7-12(19)6-13(20)8-14/h6-8,11H,5,9-10H2,1-4H3. The van der Waals surface area contributed by atoms with Crippen LogP contribution < -0.4 is 0 Å². The summed E-state index contributed by atoms with van der Waals surface area (Å²) in [5, 5.41) is 2.17. The summed E-state index contributed by atoms with van der Waals surface area (Å²) in [6.07, 6.45) is 0. The second-order valence-corrected chi connectivity index (χ2v) is 7.87. The predicted molar refractivity (Wildman–Crippen MR) is 104 cm³/mol. The van der Waals surface area contributed by atoms with Gasteiger partial charge in [0.1, 0.15) is 24.1 Å². The van der Waals surface area contributed by atoms with Crippen molar-refractivity contribution < 1.29 is 14.3 Å². The number of rotatable bonds is 8. The third kappa shape index (κ3) is 5.64. The van der Waals surface area contributed by atoms with Crippen LogP contribution in [-0.4, -0.2) is 28.7 Å². The average Bonchev–Trinajstić information content (AvgIpc) is 2.84. The first-order valence-electron chi connectivity index (χ1n) is 8.24. The van der Waals surface area contributed by atoms with Gasteiger partial charge in [-0.25, -0.2) is 9.78 Å². The van der Waals surface area contributed by atoms with Crippen molar-refractivity contribution in [2.45, 2.75) is 43.2 Å². The highest BCUT2D eigenvalue weighted by Crippen LogP contribution is 2.36. The largest absolute Gasteiger partial charge is 0.464 e. The second-order valence-electron chi connectivity index (χ2n) is 5.94. The van der Waals surface area contributed by atoms with Crippen molar-refractivity contribution in [2.75, 3.05) is 13.2 Å². The molecular formula is C18H22Cl2N2O3S. The number of carbonyl (C=O) groups is 1. The van der Waals surface area contributed by atoms with Gasteiger partial charge in [0.05, 0.1) is 12.3 Å². The summed E-state index contributed by atoms with van der Waals surface area (Å²) in [6, 6.07) is 5.44. The highest BCUT2D eigenvalue weighted by Gasteiger charge is 2.19. The summed E-state index contributed by atoms with van der Waals surface area (Å²) in [7, 11) is 1.93. The first-order valence-corrected chi connectivity index (χ1v) is 9.81. The molecule has 0 aliphatic heterocycles. The molecule has 0 atom stereocenters. The number of aromatic nitrogens is 2. The monoisotopic (exact) mass is 416 g/mol. The van der Waals surface area contributed by atoms with Crippen LogP contribution in [0.3, 0.4) is 0 Å². The van der Waals surface area contributed by atoms with Gasteiger partial charge in [0.2, 0.25) is 0 Å². The molecule has 1 aromatic heterocycles. The highest BCUT2D eigenvalue weighted by molar-refractivity contribution is 7.99. The van der Waals surface area contributed by atoms with Gasteiger partial charge in [-0.05, 0) is 31.0 Å². The molecule has 0 radical (unpaired) electrons. The lowest BCUT2D eigenvalue weighted by molar-refractivity contribution is -0.148. The van der Waals surface area contributed by atoms with Crippen LogP contribution in [-0.2, 0) is 27.9 Å². The van der Waals surface area contributed by atoms with Gasteiger partial charge in [-0.3, -0.25) is 0 Å². The third-order valence-corrected chi connectivity index (χ3v) is 5.10. The van der Waals surface area contributed by atoms with Gasteiger partial charge >= 0.3 is 5.97 Å². The molecule has 5 nitrogen and oxygen atoms in total. The number of carbonyl (C=O) groups excluding carboxylic acids is 1. The van der Waals surface area contributed by atoms with Crippen LogP contribution in [0, 0.1) is 0 Å². The van der Waals surface area contributed by atoms with E-state index in [-0.39, 0.29) is 25.1 Å². The molecule has 0 spiro atoms. The van der Waals surface area contributed by atoms with Crippen molar-refractivity contribution in [3.63, 3.8) is 0 Å². The summed E-state index contributed by atoms with van der Waals surface area (Å²) in [6.45, 7) is 6.40. The number of ether oxygens (including phenoxy) is 2. The summed E-state index contributed by atoms with van der Waals surface area (Å²) < 4.78 is 12.3. The first-order chi connectivity index (χ1) is 12.3. The molecule has 2 rings (SSSR count). The molecule has 1 aromatic carbocycles. The van der Waals surface area contributed by atoms with Gasteiger partial charge in [0.15, 0.2) is 0 Å². The fourth-order valence-corrected chi connectivity index (χ4v) is 4.18. The predicted octanol–water partition coefficient (Wildman–Crippen LogP) is 5.08. The lowest BCUT2D eigenvalue weighted by atomic mass is 10.2. The van der Waals surface area contributed by atoms with E-state index in [1.807, 2.05) is 23.7 Å². The molecule has 0 aliphatic carbocycles. The van der Waals surface area contributed by atoms with Crippen LogP contribution in [0.5, 0.6) is 0 Å². The van der Waals surface area contributed by atoms with E-state index in [4.69, 9.17) is 37.7 Å². The molecule has 2 aromatic rings. The van der Waals surface area contributed by atoms with Crippen molar-refractivity contribution >= 4 is 40.9 Å². The van der Waals surface area contributed by atoms with Gasteiger partial charge in [-0.15, -0.1) is 0 Å². The van der Waals surface area contributed by atoms with E-state index in [1.165, 1.54) is 0 Å². The fraction of sp³-hybridized carbons (Fsp3) is 0.444. The summed E-state index contributed by atoms with van der Waals surface area (Å²) in [5.41, 5.74) is 0.961. The maximum Gasteiger partial charge on any atom is 0.332 e. The fourth-order valence-electron chi connectivity index (χ4n) is 2.30. The maximum absolute atomic E-state index is 11.4. The summed E-state index contributed by atoms with van der Waals surface area (Å²) in [4.78, 5) is 17.0. The zero-order valence-electron chi connectivity index (χ0n) is 15.2. The van der Waals surface area contributed by atoms with E-state index < -0.39 is 0 Å². The molecule has 26 heavy (non-hydrogen) atoms. The van der Waals surface area contributed by atoms with Crippen LogP contribution in [0.1, 0.15) is 38.2 Å². The molecule has 8 heteroatoms. The van der Waals surface area contributed by atoms with Gasteiger partial charge in [-0.1, -0.05) is 48.8 Å². The van der Waals surface area contributed by atoms with E-state index in [9.17, 15) is 4.79 Å². The Morgan fingerprint density at radius 1 is 1.27 bits per heavy atom. The normalized spacial score (nSPS) is 11.2. The minimum Gasteiger partial charge on any atom is -0.464 e. The number of hydrogen-bond acceptors (Lipinski definition) is 5. The quantitative estimate of drug-likeness (QED) is 0.561. The smallest absolute Gasteiger partial charge is 0.332 e. The molecule has 0 N–H and O–H groups in total. The zero-order valence-corrected chi connectivity index (χ0v) is 17.5. The van der Waals surface area contributed by atoms with Crippen molar-refractivity contribution in [1.29, 1.82) is 0 Å². The maximum atomic E-state index is 11.4. The highest BCUT2D eigenvalue weighted by atomic mass is 35.5. The number of nitrogens with zero attached hydrogens (tertiary/aromatic N) is 2. The molecule has 0 fully saturated rings. The number of imidazole rings is 1. The van der Waals surface area contributed by atoms with E-state index in [0.29, 0.717) is 16.7 Å². The molecule has 0 saturated heterocycles. The van der Waals surface area contributed by atoms with Gasteiger partial charge < -0.3 is 14.0 Å². The Hall–Kier alpha value is -1.21. The third-order valence-electron chi connectivity index (χ3n) is 3.51. The Bertz CT molecular complexity index is 758. The molecule has 1 heterocycles. The molecule has 0 saturated carbocycles. The Labute approximate surface area is 168 Å². The van der Waals surface area contributed by atoms with Gasteiger partial charge in [0.25, 0.3) is 0 Å². The van der Waals surface area contributed by atoms with Crippen LogP contribution in [0.2, 0.25) is 10.0 Å². The zero-order chi connectivity index (χ0) is 19.3. The second kappa shape index (κ2) is 9.65. The Morgan fingerprint density at radius 3 is 2.50 bits per heavy atom. The molecule has 0 amide bonds. The van der Waals surface area contributed by atoms with Crippen molar-refractivity contribution in [3.8, 4) is 0 Å². The van der Waals surface area contributed by atoms with Gasteiger partial charge in [-0.2, -0.15) is 0 Å². The Morgan fingerprint density at radius 2 is 1.92 bits per heavy atom. The lowest BCUT2D eigenvalue weighted by Gasteiger charge is -2.09. The number of esters is 1.